The Kier molecular flexibility index (Phi) is 3.41. The van der Waals surface area contributed by atoms with Crippen molar-refractivity contribution in [2.24, 2.45) is 0 Å². The Balaban J connectivity index is 2.21. The fourth-order valence-corrected chi connectivity index (χ4v) is 1.63. The lowest BCUT2D eigenvalue weighted by Crippen LogP contribution is -2.53. The second-order valence-corrected chi connectivity index (χ2v) is 5.04. The summed E-state index contributed by atoms with van der Waals surface area (Å²) in [4.78, 5) is 22.1. The first-order valence-electron chi connectivity index (χ1n) is 6.10. The third-order valence-corrected chi connectivity index (χ3v) is 3.25. The maximum atomic E-state index is 12.3. The van der Waals surface area contributed by atoms with Crippen LogP contribution in [0.1, 0.15) is 32.8 Å². The van der Waals surface area contributed by atoms with Gasteiger partial charge in [-0.25, -0.2) is 14.6 Å². The van der Waals surface area contributed by atoms with Crippen molar-refractivity contribution in [2.45, 2.75) is 38.4 Å². The molecule has 4 heteroatoms. The van der Waals surface area contributed by atoms with E-state index in [4.69, 9.17) is 14.5 Å². The molecule has 1 aliphatic heterocycles. The molecule has 1 saturated heterocycles. The summed E-state index contributed by atoms with van der Waals surface area (Å²) >= 11 is 0. The van der Waals surface area contributed by atoms with E-state index < -0.39 is 17.2 Å². The molecule has 1 unspecified atom stereocenters. The van der Waals surface area contributed by atoms with Crippen LogP contribution in [0.5, 0.6) is 0 Å². The van der Waals surface area contributed by atoms with E-state index in [1.54, 1.807) is 0 Å². The van der Waals surface area contributed by atoms with Crippen LogP contribution in [0, 0.1) is 0 Å². The van der Waals surface area contributed by atoms with Gasteiger partial charge in [-0.15, -0.1) is 0 Å². The molecule has 1 fully saturated rings. The Morgan fingerprint density at radius 2 is 2.00 bits per heavy atom. The number of esters is 1. The number of hydrogen-bond donors (Lipinski definition) is 0. The Morgan fingerprint density at radius 1 is 1.39 bits per heavy atom. The number of hydrogen-bond acceptors (Lipinski definition) is 4. The molecule has 1 atom stereocenters. The number of rotatable bonds is 4. The molecule has 0 aromatic heterocycles. The van der Waals surface area contributed by atoms with Gasteiger partial charge in [0.05, 0.1) is 0 Å². The number of ether oxygens (including phenoxy) is 1. The smallest absolute Gasteiger partial charge is 0.349 e. The first-order chi connectivity index (χ1) is 8.50. The summed E-state index contributed by atoms with van der Waals surface area (Å²) in [5.74, 6) is -0.396. The molecule has 98 valence electrons. The van der Waals surface area contributed by atoms with Crippen LogP contribution in [-0.2, 0) is 24.9 Å². The molecule has 0 bridgehead atoms. The average Bonchev–Trinajstić information content (AvgIpc) is 2.28. The Hall–Kier alpha value is -1.39. The molecule has 0 aliphatic carbocycles. The molecule has 0 amide bonds. The third kappa shape index (κ3) is 2.26. The van der Waals surface area contributed by atoms with Crippen LogP contribution in [0.25, 0.3) is 0 Å². The zero-order valence-electron chi connectivity index (χ0n) is 10.9. The van der Waals surface area contributed by atoms with Crippen LogP contribution >= 0.6 is 0 Å². The minimum Gasteiger partial charge on any atom is -0.457 e. The van der Waals surface area contributed by atoms with E-state index in [9.17, 15) is 4.79 Å². The summed E-state index contributed by atoms with van der Waals surface area (Å²) < 4.78 is 5.50. The van der Waals surface area contributed by atoms with Crippen molar-refractivity contribution in [1.82, 2.24) is 0 Å². The summed E-state index contributed by atoms with van der Waals surface area (Å²) in [6, 6.07) is 9.28. The standard InChI is InChI=1S/C14H18O4/c1-4-13(2,3)17-12(15)14(10-16-18-14)11-8-6-5-7-9-11/h5-9H,4,10H2,1-3H3. The third-order valence-electron chi connectivity index (χ3n) is 3.25. The molecule has 0 spiro atoms. The summed E-state index contributed by atoms with van der Waals surface area (Å²) in [5.41, 5.74) is -0.848. The Bertz CT molecular complexity index is 421. The molecular weight excluding hydrogens is 232 g/mol. The Morgan fingerprint density at radius 3 is 2.44 bits per heavy atom. The van der Waals surface area contributed by atoms with E-state index in [1.807, 2.05) is 51.1 Å². The highest BCUT2D eigenvalue weighted by Crippen LogP contribution is 2.36. The highest BCUT2D eigenvalue weighted by Gasteiger charge is 2.53. The van der Waals surface area contributed by atoms with Crippen molar-refractivity contribution in [2.75, 3.05) is 6.61 Å². The van der Waals surface area contributed by atoms with Gasteiger partial charge in [0.2, 0.25) is 0 Å². The van der Waals surface area contributed by atoms with Crippen molar-refractivity contribution in [3.05, 3.63) is 35.9 Å². The lowest BCUT2D eigenvalue weighted by atomic mass is 9.93. The predicted molar refractivity (Wildman–Crippen MR) is 65.6 cm³/mol. The van der Waals surface area contributed by atoms with Gasteiger partial charge in [-0.2, -0.15) is 0 Å². The Labute approximate surface area is 107 Å². The van der Waals surface area contributed by atoms with Gasteiger partial charge in [-0.3, -0.25) is 0 Å². The zero-order chi connectivity index (χ0) is 13.2. The van der Waals surface area contributed by atoms with Gasteiger partial charge in [-0.05, 0) is 20.3 Å². The first-order valence-corrected chi connectivity index (χ1v) is 6.10. The average molecular weight is 250 g/mol. The van der Waals surface area contributed by atoms with Gasteiger partial charge in [0, 0.05) is 5.56 Å². The normalized spacial score (nSPS) is 23.3. The molecule has 1 aromatic rings. The second kappa shape index (κ2) is 4.71. The van der Waals surface area contributed by atoms with Crippen LogP contribution in [0.3, 0.4) is 0 Å². The van der Waals surface area contributed by atoms with Gasteiger partial charge in [0.1, 0.15) is 12.2 Å². The molecule has 1 aliphatic rings. The van der Waals surface area contributed by atoms with E-state index in [0.717, 1.165) is 12.0 Å². The molecule has 0 N–H and O–H groups in total. The lowest BCUT2D eigenvalue weighted by molar-refractivity contribution is -0.466. The highest BCUT2D eigenvalue weighted by molar-refractivity contribution is 5.82. The first kappa shape index (κ1) is 13.1. The molecule has 1 aromatic carbocycles. The SMILES string of the molecule is CCC(C)(C)OC(=O)C1(c2ccccc2)COO1. The zero-order valence-corrected chi connectivity index (χ0v) is 10.9. The van der Waals surface area contributed by atoms with E-state index in [0.29, 0.717) is 0 Å². The molecule has 2 rings (SSSR count). The lowest BCUT2D eigenvalue weighted by Gasteiger charge is -2.39. The molecule has 4 nitrogen and oxygen atoms in total. The summed E-state index contributed by atoms with van der Waals surface area (Å²) in [7, 11) is 0. The van der Waals surface area contributed by atoms with E-state index in [-0.39, 0.29) is 6.61 Å². The molecule has 0 saturated carbocycles. The summed E-state index contributed by atoms with van der Waals surface area (Å²) in [6.07, 6.45) is 0.741. The largest absolute Gasteiger partial charge is 0.457 e. The van der Waals surface area contributed by atoms with Gasteiger partial charge in [-0.1, -0.05) is 37.3 Å². The van der Waals surface area contributed by atoms with Crippen molar-refractivity contribution >= 4 is 5.97 Å². The van der Waals surface area contributed by atoms with E-state index in [1.165, 1.54) is 0 Å². The van der Waals surface area contributed by atoms with Gasteiger partial charge in [0.25, 0.3) is 5.60 Å². The maximum Gasteiger partial charge on any atom is 0.349 e. The fraction of sp³-hybridized carbons (Fsp3) is 0.500. The van der Waals surface area contributed by atoms with Crippen LogP contribution in [-0.4, -0.2) is 18.2 Å². The maximum absolute atomic E-state index is 12.3. The van der Waals surface area contributed by atoms with Crippen molar-refractivity contribution in [3.63, 3.8) is 0 Å². The topological polar surface area (TPSA) is 44.8 Å². The number of carbonyl (C=O) groups is 1. The predicted octanol–water partition coefficient (Wildman–Crippen LogP) is 2.58. The molecule has 18 heavy (non-hydrogen) atoms. The fourth-order valence-electron chi connectivity index (χ4n) is 1.63. The van der Waals surface area contributed by atoms with Crippen molar-refractivity contribution in [1.29, 1.82) is 0 Å². The number of benzene rings is 1. The van der Waals surface area contributed by atoms with Gasteiger partial charge in [0.15, 0.2) is 0 Å². The molecule has 1 heterocycles. The van der Waals surface area contributed by atoms with Crippen LogP contribution in [0.15, 0.2) is 30.3 Å². The summed E-state index contributed by atoms with van der Waals surface area (Å²) in [6.45, 7) is 5.92. The van der Waals surface area contributed by atoms with Gasteiger partial charge >= 0.3 is 5.97 Å². The number of carbonyl (C=O) groups excluding carboxylic acids is 1. The molecular formula is C14H18O4. The minimum absolute atomic E-state index is 0.190. The minimum atomic E-state index is -1.10. The monoisotopic (exact) mass is 250 g/mol. The quantitative estimate of drug-likeness (QED) is 0.608. The molecule has 0 radical (unpaired) electrons. The van der Waals surface area contributed by atoms with Crippen molar-refractivity contribution in [3.8, 4) is 0 Å². The summed E-state index contributed by atoms with van der Waals surface area (Å²) in [5, 5.41) is 0. The second-order valence-electron chi connectivity index (χ2n) is 5.04. The van der Waals surface area contributed by atoms with Crippen molar-refractivity contribution < 1.29 is 19.3 Å². The van der Waals surface area contributed by atoms with Crippen LogP contribution in [0.4, 0.5) is 0 Å². The van der Waals surface area contributed by atoms with Gasteiger partial charge < -0.3 is 4.74 Å². The van der Waals surface area contributed by atoms with E-state index in [2.05, 4.69) is 0 Å². The van der Waals surface area contributed by atoms with Crippen LogP contribution < -0.4 is 0 Å². The van der Waals surface area contributed by atoms with E-state index >= 15 is 0 Å². The van der Waals surface area contributed by atoms with Crippen LogP contribution in [0.2, 0.25) is 0 Å². The highest BCUT2D eigenvalue weighted by atomic mass is 17.3.